The van der Waals surface area contributed by atoms with E-state index in [0.29, 0.717) is 34.4 Å². The van der Waals surface area contributed by atoms with Gasteiger partial charge in [0.15, 0.2) is 16.7 Å². The summed E-state index contributed by atoms with van der Waals surface area (Å²) >= 11 is 7.73. The first kappa shape index (κ1) is 25.4. The Morgan fingerprint density at radius 2 is 1.78 bits per heavy atom. The van der Waals surface area contributed by atoms with Crippen LogP contribution in [0.25, 0.3) is 11.0 Å². The molecule has 3 aromatic carbocycles. The van der Waals surface area contributed by atoms with Crippen molar-refractivity contribution in [3.8, 4) is 17.2 Å². The third kappa shape index (κ3) is 5.58. The van der Waals surface area contributed by atoms with Gasteiger partial charge < -0.3 is 18.8 Å². The fraction of sp³-hybridized carbons (Fsp3) is 0.192. The van der Waals surface area contributed by atoms with E-state index in [1.165, 1.54) is 32.2 Å². The Bertz CT molecular complexity index is 1410. The number of rotatable bonds is 10. The molecule has 0 aliphatic rings. The minimum Gasteiger partial charge on any atom is -0.493 e. The molecule has 0 bridgehead atoms. The molecule has 0 saturated carbocycles. The summed E-state index contributed by atoms with van der Waals surface area (Å²) in [5.74, 6) is 1.30. The molecule has 1 heterocycles. The van der Waals surface area contributed by atoms with E-state index < -0.39 is 0 Å². The number of carbonyl (C=O) groups excluding carboxylic acids is 1. The number of nitrogens with one attached hydrogen (secondary N) is 1. The van der Waals surface area contributed by atoms with Gasteiger partial charge in [-0.1, -0.05) is 53.7 Å². The van der Waals surface area contributed by atoms with E-state index in [0.717, 1.165) is 21.8 Å². The molecule has 1 aromatic heterocycles. The number of benzene rings is 3. The number of aromatic nitrogens is 2. The maximum Gasteiger partial charge on any atom is 0.250 e. The molecular formula is C26H25ClN4O4S. The van der Waals surface area contributed by atoms with Crippen molar-refractivity contribution in [1.29, 1.82) is 0 Å². The Kier molecular flexibility index (Phi) is 8.35. The standard InChI is InChI=1S/C26H25ClN4O4S/c1-33-22-13-12-17(24(34-2)25(22)35-3)14-28-30-23(32)16-36-26-29-20-10-6-7-11-21(20)31(26)15-18-8-4-5-9-19(18)27/h4-14H,15-16H2,1-3H3,(H,30,32)/b28-14+. The highest BCUT2D eigenvalue weighted by atomic mass is 35.5. The van der Waals surface area contributed by atoms with Crippen LogP contribution in [0.2, 0.25) is 5.02 Å². The van der Waals surface area contributed by atoms with Crippen LogP contribution in [0.15, 0.2) is 70.9 Å². The van der Waals surface area contributed by atoms with Crippen LogP contribution in [-0.4, -0.2) is 48.8 Å². The summed E-state index contributed by atoms with van der Waals surface area (Å²) in [7, 11) is 4.60. The number of fused-ring (bicyclic) bond motifs is 1. The average molecular weight is 525 g/mol. The van der Waals surface area contributed by atoms with Crippen molar-refractivity contribution in [2.24, 2.45) is 5.10 Å². The first-order chi connectivity index (χ1) is 17.5. The summed E-state index contributed by atoms with van der Waals surface area (Å²) in [4.78, 5) is 17.3. The lowest BCUT2D eigenvalue weighted by atomic mass is 10.2. The van der Waals surface area contributed by atoms with Crippen molar-refractivity contribution in [3.05, 3.63) is 76.8 Å². The van der Waals surface area contributed by atoms with Gasteiger partial charge in [0.1, 0.15) is 0 Å². The fourth-order valence-corrected chi connectivity index (χ4v) is 4.68. The molecule has 0 atom stereocenters. The normalized spacial score (nSPS) is 11.1. The highest BCUT2D eigenvalue weighted by Crippen LogP contribution is 2.39. The van der Waals surface area contributed by atoms with Crippen molar-refractivity contribution in [1.82, 2.24) is 15.0 Å². The molecule has 1 N–H and O–H groups in total. The number of nitrogens with zero attached hydrogens (tertiary/aromatic N) is 3. The van der Waals surface area contributed by atoms with Crippen LogP contribution >= 0.6 is 23.4 Å². The third-order valence-electron chi connectivity index (χ3n) is 5.37. The Morgan fingerprint density at radius 3 is 2.53 bits per heavy atom. The predicted molar refractivity (Wildman–Crippen MR) is 143 cm³/mol. The second kappa shape index (κ2) is 11.8. The number of methoxy groups -OCH3 is 3. The summed E-state index contributed by atoms with van der Waals surface area (Å²) in [6, 6.07) is 19.1. The molecule has 4 rings (SSSR count). The van der Waals surface area contributed by atoms with E-state index in [9.17, 15) is 4.79 Å². The van der Waals surface area contributed by atoms with Crippen LogP contribution in [-0.2, 0) is 11.3 Å². The largest absolute Gasteiger partial charge is 0.493 e. The zero-order valence-electron chi connectivity index (χ0n) is 20.0. The molecule has 8 nitrogen and oxygen atoms in total. The quantitative estimate of drug-likeness (QED) is 0.178. The lowest BCUT2D eigenvalue weighted by molar-refractivity contribution is -0.118. The topological polar surface area (TPSA) is 87.0 Å². The SMILES string of the molecule is COc1ccc(/C=N/NC(=O)CSc2nc3ccccc3n2Cc2ccccc2Cl)c(OC)c1OC. The van der Waals surface area contributed by atoms with Crippen LogP contribution < -0.4 is 19.6 Å². The smallest absolute Gasteiger partial charge is 0.250 e. The lowest BCUT2D eigenvalue weighted by Crippen LogP contribution is -2.20. The number of para-hydroxylation sites is 2. The van der Waals surface area contributed by atoms with Gasteiger partial charge in [0.25, 0.3) is 5.91 Å². The highest BCUT2D eigenvalue weighted by Gasteiger charge is 2.16. The van der Waals surface area contributed by atoms with Crippen molar-refractivity contribution in [2.75, 3.05) is 27.1 Å². The molecule has 10 heteroatoms. The molecule has 4 aromatic rings. The van der Waals surface area contributed by atoms with Gasteiger partial charge in [-0.2, -0.15) is 5.10 Å². The number of imidazole rings is 1. The monoisotopic (exact) mass is 524 g/mol. The number of hydrazone groups is 1. The van der Waals surface area contributed by atoms with Gasteiger partial charge in [-0.15, -0.1) is 0 Å². The van der Waals surface area contributed by atoms with E-state index >= 15 is 0 Å². The van der Waals surface area contributed by atoms with Crippen molar-refractivity contribution in [2.45, 2.75) is 11.7 Å². The summed E-state index contributed by atoms with van der Waals surface area (Å²) in [5, 5.41) is 5.48. The van der Waals surface area contributed by atoms with Crippen LogP contribution in [0.4, 0.5) is 0 Å². The number of hydrogen-bond acceptors (Lipinski definition) is 7. The molecule has 36 heavy (non-hydrogen) atoms. The zero-order chi connectivity index (χ0) is 25.5. The van der Waals surface area contributed by atoms with Gasteiger partial charge in [-0.3, -0.25) is 4.79 Å². The second-order valence-corrected chi connectivity index (χ2v) is 8.92. The summed E-state index contributed by atoms with van der Waals surface area (Å²) < 4.78 is 18.2. The molecule has 0 unspecified atom stereocenters. The molecule has 0 fully saturated rings. The summed E-state index contributed by atoms with van der Waals surface area (Å²) in [6.07, 6.45) is 1.50. The fourth-order valence-electron chi connectivity index (χ4n) is 3.68. The zero-order valence-corrected chi connectivity index (χ0v) is 21.6. The van der Waals surface area contributed by atoms with Gasteiger partial charge in [-0.25, -0.2) is 10.4 Å². The molecular weight excluding hydrogens is 500 g/mol. The number of amides is 1. The van der Waals surface area contributed by atoms with Crippen LogP contribution in [0.3, 0.4) is 0 Å². The molecule has 1 amide bonds. The Balaban J connectivity index is 1.46. The van der Waals surface area contributed by atoms with Gasteiger partial charge in [0.05, 0.1) is 50.9 Å². The number of hydrogen-bond donors (Lipinski definition) is 1. The number of carbonyl (C=O) groups is 1. The van der Waals surface area contributed by atoms with Crippen LogP contribution in [0, 0.1) is 0 Å². The van der Waals surface area contributed by atoms with Crippen LogP contribution in [0.5, 0.6) is 17.2 Å². The number of halogens is 1. The average Bonchev–Trinajstić information content (AvgIpc) is 3.25. The first-order valence-electron chi connectivity index (χ1n) is 11.0. The number of thioether (sulfide) groups is 1. The Hall–Kier alpha value is -3.69. The van der Waals surface area contributed by atoms with E-state index in [-0.39, 0.29) is 11.7 Å². The maximum absolute atomic E-state index is 12.5. The minimum absolute atomic E-state index is 0.131. The first-order valence-corrected chi connectivity index (χ1v) is 12.3. The maximum atomic E-state index is 12.5. The molecule has 186 valence electrons. The molecule has 0 aliphatic heterocycles. The minimum atomic E-state index is -0.271. The Labute approximate surface area is 218 Å². The lowest BCUT2D eigenvalue weighted by Gasteiger charge is -2.13. The van der Waals surface area contributed by atoms with Gasteiger partial charge >= 0.3 is 0 Å². The van der Waals surface area contributed by atoms with Gasteiger partial charge in [-0.05, 0) is 35.9 Å². The van der Waals surface area contributed by atoms with Crippen molar-refractivity contribution >= 4 is 46.5 Å². The molecule has 0 aliphatic carbocycles. The number of ether oxygens (including phenoxy) is 3. The van der Waals surface area contributed by atoms with Gasteiger partial charge in [0.2, 0.25) is 5.75 Å². The van der Waals surface area contributed by atoms with E-state index in [1.54, 1.807) is 19.2 Å². The summed E-state index contributed by atoms with van der Waals surface area (Å²) in [6.45, 7) is 0.543. The van der Waals surface area contributed by atoms with E-state index in [2.05, 4.69) is 15.1 Å². The van der Waals surface area contributed by atoms with Gasteiger partial charge in [0, 0.05) is 10.6 Å². The van der Waals surface area contributed by atoms with E-state index in [1.807, 2.05) is 48.5 Å². The van der Waals surface area contributed by atoms with E-state index in [4.69, 9.17) is 30.8 Å². The highest BCUT2D eigenvalue weighted by molar-refractivity contribution is 7.99. The van der Waals surface area contributed by atoms with Crippen molar-refractivity contribution < 1.29 is 19.0 Å². The third-order valence-corrected chi connectivity index (χ3v) is 6.71. The molecule has 0 radical (unpaired) electrons. The van der Waals surface area contributed by atoms with Crippen molar-refractivity contribution in [3.63, 3.8) is 0 Å². The second-order valence-electron chi connectivity index (χ2n) is 7.57. The molecule has 0 spiro atoms. The summed E-state index contributed by atoms with van der Waals surface area (Å²) in [5.41, 5.74) is 5.98. The van der Waals surface area contributed by atoms with Crippen LogP contribution in [0.1, 0.15) is 11.1 Å². The molecule has 0 saturated heterocycles. The predicted octanol–water partition coefficient (Wildman–Crippen LogP) is 5.01. The Morgan fingerprint density at radius 1 is 1.03 bits per heavy atom.